The molecule has 2 aromatic rings. The Kier molecular flexibility index (Phi) is 2.69. The first-order valence-electron chi connectivity index (χ1n) is 5.89. The molecule has 0 N–H and O–H groups in total. The predicted octanol–water partition coefficient (Wildman–Crippen LogP) is 2.11. The van der Waals surface area contributed by atoms with Crippen molar-refractivity contribution in [3.05, 3.63) is 42.0 Å². The molecule has 5 nitrogen and oxygen atoms in total. The maximum absolute atomic E-state index is 9.13. The molecule has 3 rings (SSSR count). The number of hydrogen-bond donors (Lipinski definition) is 0. The molecule has 0 amide bonds. The highest BCUT2D eigenvalue weighted by Gasteiger charge is 2.32. The summed E-state index contributed by atoms with van der Waals surface area (Å²) in [7, 11) is 0. The van der Waals surface area contributed by atoms with E-state index in [0.717, 1.165) is 18.6 Å². The molecule has 2 heterocycles. The summed E-state index contributed by atoms with van der Waals surface area (Å²) in [6.45, 7) is 0.630. The number of hydrogen-bond acceptors (Lipinski definition) is 5. The standard InChI is InChI=1S/C13H12N4O/c14-8-10-5-6-15-16-13(10)17(11-3-4-11)9-12-2-1-7-18-12/h1-2,5-7,11H,3-4,9H2. The summed E-state index contributed by atoms with van der Waals surface area (Å²) < 4.78 is 5.36. The molecule has 5 heteroatoms. The van der Waals surface area contributed by atoms with E-state index in [0.29, 0.717) is 24.0 Å². The molecule has 0 bridgehead atoms. The van der Waals surface area contributed by atoms with Crippen molar-refractivity contribution in [3.63, 3.8) is 0 Å². The second kappa shape index (κ2) is 4.49. The van der Waals surface area contributed by atoms with Crippen LogP contribution in [0.15, 0.2) is 35.1 Å². The predicted molar refractivity (Wildman–Crippen MR) is 64.7 cm³/mol. The lowest BCUT2D eigenvalue weighted by atomic mass is 10.2. The first kappa shape index (κ1) is 10.8. The first-order valence-corrected chi connectivity index (χ1v) is 5.89. The van der Waals surface area contributed by atoms with Crippen LogP contribution in [0.4, 0.5) is 5.82 Å². The van der Waals surface area contributed by atoms with E-state index in [1.807, 2.05) is 12.1 Å². The molecule has 0 radical (unpaired) electrons. The van der Waals surface area contributed by atoms with Crippen molar-refractivity contribution in [1.29, 1.82) is 5.26 Å². The van der Waals surface area contributed by atoms with E-state index in [-0.39, 0.29) is 0 Å². The molecule has 1 aliphatic carbocycles. The second-order valence-corrected chi connectivity index (χ2v) is 4.32. The Balaban J connectivity index is 1.92. The first-order chi connectivity index (χ1) is 8.88. The highest BCUT2D eigenvalue weighted by Crippen LogP contribution is 2.33. The molecule has 0 saturated heterocycles. The van der Waals surface area contributed by atoms with Gasteiger partial charge in [-0.2, -0.15) is 10.4 Å². The fourth-order valence-corrected chi connectivity index (χ4v) is 1.96. The quantitative estimate of drug-likeness (QED) is 0.818. The van der Waals surface area contributed by atoms with Crippen LogP contribution < -0.4 is 4.90 Å². The Bertz CT molecular complexity index is 569. The van der Waals surface area contributed by atoms with Gasteiger partial charge in [-0.05, 0) is 31.0 Å². The Labute approximate surface area is 105 Å². The largest absolute Gasteiger partial charge is 0.467 e. The molecule has 1 aliphatic rings. The van der Waals surface area contributed by atoms with Crippen LogP contribution in [0.25, 0.3) is 0 Å². The molecule has 18 heavy (non-hydrogen) atoms. The van der Waals surface area contributed by atoms with Gasteiger partial charge >= 0.3 is 0 Å². The summed E-state index contributed by atoms with van der Waals surface area (Å²) in [6.07, 6.45) is 5.45. The third kappa shape index (κ3) is 2.05. The van der Waals surface area contributed by atoms with Crippen LogP contribution in [-0.4, -0.2) is 16.2 Å². The maximum Gasteiger partial charge on any atom is 0.169 e. The zero-order chi connectivity index (χ0) is 12.4. The van der Waals surface area contributed by atoms with E-state index in [1.54, 1.807) is 18.5 Å². The Morgan fingerprint density at radius 2 is 2.33 bits per heavy atom. The molecule has 0 spiro atoms. The Morgan fingerprint density at radius 3 is 3.00 bits per heavy atom. The average Bonchev–Trinajstić information content (AvgIpc) is 3.13. The zero-order valence-electron chi connectivity index (χ0n) is 9.78. The van der Waals surface area contributed by atoms with Gasteiger partial charge in [0, 0.05) is 6.04 Å². The monoisotopic (exact) mass is 240 g/mol. The fourth-order valence-electron chi connectivity index (χ4n) is 1.96. The van der Waals surface area contributed by atoms with Gasteiger partial charge < -0.3 is 9.32 Å². The van der Waals surface area contributed by atoms with Crippen molar-refractivity contribution in [3.8, 4) is 6.07 Å². The van der Waals surface area contributed by atoms with E-state index in [2.05, 4.69) is 21.2 Å². The van der Waals surface area contributed by atoms with E-state index in [4.69, 9.17) is 9.68 Å². The van der Waals surface area contributed by atoms with Gasteiger partial charge in [0.05, 0.1) is 24.6 Å². The lowest BCUT2D eigenvalue weighted by Crippen LogP contribution is -2.27. The van der Waals surface area contributed by atoms with Gasteiger partial charge in [0.15, 0.2) is 5.82 Å². The van der Waals surface area contributed by atoms with Crippen LogP contribution in [-0.2, 0) is 6.54 Å². The van der Waals surface area contributed by atoms with Crippen molar-refractivity contribution in [2.24, 2.45) is 0 Å². The SMILES string of the molecule is N#Cc1ccnnc1N(Cc1ccco1)C1CC1. The van der Waals surface area contributed by atoms with Gasteiger partial charge in [0.25, 0.3) is 0 Å². The molecular formula is C13H12N4O. The molecule has 1 fully saturated rings. The van der Waals surface area contributed by atoms with Crippen molar-refractivity contribution < 1.29 is 4.42 Å². The van der Waals surface area contributed by atoms with Crippen LogP contribution >= 0.6 is 0 Å². The summed E-state index contributed by atoms with van der Waals surface area (Å²) in [5.74, 6) is 1.52. The summed E-state index contributed by atoms with van der Waals surface area (Å²) >= 11 is 0. The summed E-state index contributed by atoms with van der Waals surface area (Å²) in [5.41, 5.74) is 0.559. The van der Waals surface area contributed by atoms with Gasteiger partial charge in [-0.25, -0.2) is 0 Å². The van der Waals surface area contributed by atoms with Crippen LogP contribution in [0.3, 0.4) is 0 Å². The summed E-state index contributed by atoms with van der Waals surface area (Å²) in [4.78, 5) is 2.10. The minimum atomic E-state index is 0.443. The highest BCUT2D eigenvalue weighted by molar-refractivity contribution is 5.54. The molecule has 0 aromatic carbocycles. The fraction of sp³-hybridized carbons (Fsp3) is 0.308. The molecule has 2 aromatic heterocycles. The number of aromatic nitrogens is 2. The lowest BCUT2D eigenvalue weighted by molar-refractivity contribution is 0.499. The minimum absolute atomic E-state index is 0.443. The average molecular weight is 240 g/mol. The number of furan rings is 1. The van der Waals surface area contributed by atoms with Crippen LogP contribution in [0, 0.1) is 11.3 Å². The maximum atomic E-state index is 9.13. The number of nitrogens with zero attached hydrogens (tertiary/aromatic N) is 4. The van der Waals surface area contributed by atoms with Gasteiger partial charge in [0.2, 0.25) is 0 Å². The van der Waals surface area contributed by atoms with Crippen molar-refractivity contribution in [2.75, 3.05) is 4.90 Å². The van der Waals surface area contributed by atoms with Crippen molar-refractivity contribution in [2.45, 2.75) is 25.4 Å². The second-order valence-electron chi connectivity index (χ2n) is 4.32. The number of nitriles is 1. The van der Waals surface area contributed by atoms with E-state index in [1.165, 1.54) is 0 Å². The van der Waals surface area contributed by atoms with Crippen LogP contribution in [0.2, 0.25) is 0 Å². The Morgan fingerprint density at radius 1 is 1.44 bits per heavy atom. The molecule has 0 unspecified atom stereocenters. The van der Waals surface area contributed by atoms with E-state index >= 15 is 0 Å². The normalized spacial score (nSPS) is 14.2. The molecule has 0 aliphatic heterocycles. The highest BCUT2D eigenvalue weighted by atomic mass is 16.3. The number of anilines is 1. The molecule has 1 saturated carbocycles. The topological polar surface area (TPSA) is 66.0 Å². The Hall–Kier alpha value is -2.35. The van der Waals surface area contributed by atoms with Gasteiger partial charge in [-0.15, -0.1) is 5.10 Å². The minimum Gasteiger partial charge on any atom is -0.467 e. The molecule has 0 atom stereocenters. The zero-order valence-corrected chi connectivity index (χ0v) is 9.78. The third-order valence-electron chi connectivity index (χ3n) is 2.99. The van der Waals surface area contributed by atoms with Gasteiger partial charge in [-0.3, -0.25) is 0 Å². The van der Waals surface area contributed by atoms with Gasteiger partial charge in [0.1, 0.15) is 11.8 Å². The summed E-state index contributed by atoms with van der Waals surface area (Å²) in [6, 6.07) is 8.09. The van der Waals surface area contributed by atoms with Crippen molar-refractivity contribution >= 4 is 5.82 Å². The molecular weight excluding hydrogens is 228 g/mol. The summed E-state index contributed by atoms with van der Waals surface area (Å²) in [5, 5.41) is 17.1. The van der Waals surface area contributed by atoms with Crippen molar-refractivity contribution in [1.82, 2.24) is 10.2 Å². The van der Waals surface area contributed by atoms with Gasteiger partial charge in [-0.1, -0.05) is 0 Å². The molecule has 90 valence electrons. The lowest BCUT2D eigenvalue weighted by Gasteiger charge is -2.22. The van der Waals surface area contributed by atoms with Crippen LogP contribution in [0.1, 0.15) is 24.2 Å². The van der Waals surface area contributed by atoms with E-state index < -0.39 is 0 Å². The number of rotatable bonds is 4. The van der Waals surface area contributed by atoms with E-state index in [9.17, 15) is 0 Å². The smallest absolute Gasteiger partial charge is 0.169 e. The third-order valence-corrected chi connectivity index (χ3v) is 2.99. The van der Waals surface area contributed by atoms with Crippen LogP contribution in [0.5, 0.6) is 0 Å².